The molecule has 0 saturated carbocycles. The third kappa shape index (κ3) is 4.53. The fraction of sp³-hybridized carbons (Fsp3) is 0.190. The summed E-state index contributed by atoms with van der Waals surface area (Å²) in [5.41, 5.74) is 1.91. The van der Waals surface area contributed by atoms with Crippen LogP contribution in [0.25, 0.3) is 10.9 Å². The molecule has 0 radical (unpaired) electrons. The predicted molar refractivity (Wildman–Crippen MR) is 105 cm³/mol. The molecule has 2 N–H and O–H groups in total. The SMILES string of the molecule is COc1ccc2nc(NCCCNC(=O)c3ccccc3)c(C#N)cc2c1. The van der Waals surface area contributed by atoms with Gasteiger partial charge in [0, 0.05) is 24.0 Å². The summed E-state index contributed by atoms with van der Waals surface area (Å²) in [6, 6.07) is 18.6. The number of pyridine rings is 1. The van der Waals surface area contributed by atoms with Crippen LogP contribution in [-0.4, -0.2) is 31.1 Å². The van der Waals surface area contributed by atoms with E-state index in [0.29, 0.717) is 36.5 Å². The van der Waals surface area contributed by atoms with E-state index in [2.05, 4.69) is 21.7 Å². The smallest absolute Gasteiger partial charge is 0.251 e. The van der Waals surface area contributed by atoms with E-state index in [1.807, 2.05) is 36.4 Å². The number of ether oxygens (including phenoxy) is 1. The Balaban J connectivity index is 1.57. The number of nitrogens with one attached hydrogen (secondary N) is 2. The van der Waals surface area contributed by atoms with Crippen molar-refractivity contribution in [1.82, 2.24) is 10.3 Å². The van der Waals surface area contributed by atoms with Crippen LogP contribution in [0.15, 0.2) is 54.6 Å². The molecule has 1 amide bonds. The zero-order valence-electron chi connectivity index (χ0n) is 15.0. The molecule has 0 saturated heterocycles. The molecule has 27 heavy (non-hydrogen) atoms. The number of aromatic nitrogens is 1. The van der Waals surface area contributed by atoms with E-state index in [1.54, 1.807) is 25.3 Å². The minimum atomic E-state index is -0.0916. The molecule has 0 aliphatic carbocycles. The van der Waals surface area contributed by atoms with Crippen molar-refractivity contribution in [1.29, 1.82) is 5.26 Å². The monoisotopic (exact) mass is 360 g/mol. The number of fused-ring (bicyclic) bond motifs is 1. The maximum Gasteiger partial charge on any atom is 0.251 e. The molecule has 0 fully saturated rings. The van der Waals surface area contributed by atoms with Crippen LogP contribution in [0.3, 0.4) is 0 Å². The van der Waals surface area contributed by atoms with Gasteiger partial charge in [-0.3, -0.25) is 4.79 Å². The summed E-state index contributed by atoms with van der Waals surface area (Å²) in [7, 11) is 1.60. The molecule has 6 nitrogen and oxygen atoms in total. The number of benzene rings is 2. The highest BCUT2D eigenvalue weighted by Gasteiger charge is 2.08. The van der Waals surface area contributed by atoms with Gasteiger partial charge in [-0.2, -0.15) is 5.26 Å². The molecule has 3 aromatic rings. The van der Waals surface area contributed by atoms with E-state index in [9.17, 15) is 10.1 Å². The van der Waals surface area contributed by atoms with Gasteiger partial charge >= 0.3 is 0 Å². The average Bonchev–Trinajstić information content (AvgIpc) is 2.72. The van der Waals surface area contributed by atoms with E-state index in [4.69, 9.17) is 4.74 Å². The van der Waals surface area contributed by atoms with Crippen LogP contribution in [0.2, 0.25) is 0 Å². The molecule has 0 aliphatic rings. The molecule has 3 rings (SSSR count). The second-order valence-corrected chi connectivity index (χ2v) is 5.96. The van der Waals surface area contributed by atoms with E-state index in [0.717, 1.165) is 16.7 Å². The molecule has 0 unspecified atom stereocenters. The summed E-state index contributed by atoms with van der Waals surface area (Å²) in [5.74, 6) is 1.18. The standard InChI is InChI=1S/C21H20N4O2/c1-27-18-8-9-19-16(13-18)12-17(14-22)20(25-19)23-10-5-11-24-21(26)15-6-3-2-4-7-15/h2-4,6-9,12-13H,5,10-11H2,1H3,(H,23,25)(H,24,26). The van der Waals surface area contributed by atoms with Crippen LogP contribution >= 0.6 is 0 Å². The predicted octanol–water partition coefficient (Wildman–Crippen LogP) is 3.35. The molecule has 136 valence electrons. The number of rotatable bonds is 7. The Kier molecular flexibility index (Phi) is 5.85. The number of anilines is 1. The Labute approximate surface area is 157 Å². The number of carbonyl (C=O) groups excluding carboxylic acids is 1. The lowest BCUT2D eigenvalue weighted by molar-refractivity contribution is 0.0953. The van der Waals surface area contributed by atoms with Crippen LogP contribution in [0, 0.1) is 11.3 Å². The fourth-order valence-corrected chi connectivity index (χ4v) is 2.69. The van der Waals surface area contributed by atoms with Gasteiger partial charge < -0.3 is 15.4 Å². The van der Waals surface area contributed by atoms with Crippen molar-refractivity contribution in [2.45, 2.75) is 6.42 Å². The molecule has 0 bridgehead atoms. The highest BCUT2D eigenvalue weighted by molar-refractivity contribution is 5.94. The molecule has 0 spiro atoms. The van der Waals surface area contributed by atoms with Crippen LogP contribution in [-0.2, 0) is 0 Å². The second kappa shape index (κ2) is 8.68. The third-order valence-corrected chi connectivity index (χ3v) is 4.11. The van der Waals surface area contributed by atoms with Gasteiger partial charge in [0.1, 0.15) is 17.6 Å². The van der Waals surface area contributed by atoms with Gasteiger partial charge in [-0.1, -0.05) is 18.2 Å². The minimum absolute atomic E-state index is 0.0916. The first-order chi connectivity index (χ1) is 13.2. The Hall–Kier alpha value is -3.59. The zero-order chi connectivity index (χ0) is 19.1. The molecule has 0 aliphatic heterocycles. The van der Waals surface area contributed by atoms with Gasteiger partial charge in [-0.25, -0.2) is 4.98 Å². The molecule has 1 aromatic heterocycles. The summed E-state index contributed by atoms with van der Waals surface area (Å²) in [4.78, 5) is 16.5. The summed E-state index contributed by atoms with van der Waals surface area (Å²) >= 11 is 0. The van der Waals surface area contributed by atoms with Crippen molar-refractivity contribution in [3.05, 3.63) is 65.7 Å². The average molecular weight is 360 g/mol. The number of nitriles is 1. The van der Waals surface area contributed by atoms with Crippen molar-refractivity contribution >= 4 is 22.6 Å². The molecular weight excluding hydrogens is 340 g/mol. The third-order valence-electron chi connectivity index (χ3n) is 4.11. The molecule has 1 heterocycles. The molecule has 0 atom stereocenters. The summed E-state index contributed by atoms with van der Waals surface area (Å²) in [5, 5.41) is 16.3. The van der Waals surface area contributed by atoms with Crippen molar-refractivity contribution in [3.63, 3.8) is 0 Å². The first-order valence-electron chi connectivity index (χ1n) is 8.67. The maximum absolute atomic E-state index is 12.0. The lowest BCUT2D eigenvalue weighted by Crippen LogP contribution is -2.25. The van der Waals surface area contributed by atoms with Gasteiger partial charge in [0.15, 0.2) is 0 Å². The zero-order valence-corrected chi connectivity index (χ0v) is 15.0. The minimum Gasteiger partial charge on any atom is -0.497 e. The van der Waals surface area contributed by atoms with Gasteiger partial charge in [0.2, 0.25) is 0 Å². The quantitative estimate of drug-likeness (QED) is 0.631. The second-order valence-electron chi connectivity index (χ2n) is 5.96. The van der Waals surface area contributed by atoms with Gasteiger partial charge in [0.25, 0.3) is 5.91 Å². The Morgan fingerprint density at radius 1 is 1.15 bits per heavy atom. The molecule has 2 aromatic carbocycles. The van der Waals surface area contributed by atoms with Gasteiger partial charge in [0.05, 0.1) is 18.2 Å². The summed E-state index contributed by atoms with van der Waals surface area (Å²) < 4.78 is 5.21. The number of methoxy groups -OCH3 is 1. The maximum atomic E-state index is 12.0. The van der Waals surface area contributed by atoms with Gasteiger partial charge in [-0.15, -0.1) is 0 Å². The highest BCUT2D eigenvalue weighted by Crippen LogP contribution is 2.23. The van der Waals surface area contributed by atoms with E-state index in [-0.39, 0.29) is 5.91 Å². The lowest BCUT2D eigenvalue weighted by Gasteiger charge is -2.10. The molecular formula is C21H20N4O2. The van der Waals surface area contributed by atoms with Crippen molar-refractivity contribution < 1.29 is 9.53 Å². The first kappa shape index (κ1) is 18.2. The van der Waals surface area contributed by atoms with E-state index in [1.165, 1.54) is 0 Å². The number of hydrogen-bond donors (Lipinski definition) is 2. The number of carbonyl (C=O) groups is 1. The first-order valence-corrected chi connectivity index (χ1v) is 8.67. The van der Waals surface area contributed by atoms with Crippen LogP contribution < -0.4 is 15.4 Å². The summed E-state index contributed by atoms with van der Waals surface area (Å²) in [6.45, 7) is 1.13. The molecule has 6 heteroatoms. The van der Waals surface area contributed by atoms with Crippen molar-refractivity contribution in [2.75, 3.05) is 25.5 Å². The van der Waals surface area contributed by atoms with Crippen LogP contribution in [0.1, 0.15) is 22.3 Å². The number of amides is 1. The highest BCUT2D eigenvalue weighted by atomic mass is 16.5. The van der Waals surface area contributed by atoms with Crippen molar-refractivity contribution in [3.8, 4) is 11.8 Å². The number of hydrogen-bond acceptors (Lipinski definition) is 5. The van der Waals surface area contributed by atoms with E-state index >= 15 is 0 Å². The number of nitrogens with zero attached hydrogens (tertiary/aromatic N) is 2. The van der Waals surface area contributed by atoms with Crippen molar-refractivity contribution in [2.24, 2.45) is 0 Å². The van der Waals surface area contributed by atoms with Crippen LogP contribution in [0.5, 0.6) is 5.75 Å². The Bertz CT molecular complexity index is 981. The lowest BCUT2D eigenvalue weighted by atomic mass is 10.1. The Morgan fingerprint density at radius 2 is 1.96 bits per heavy atom. The largest absolute Gasteiger partial charge is 0.497 e. The topological polar surface area (TPSA) is 87.0 Å². The van der Waals surface area contributed by atoms with Crippen LogP contribution in [0.4, 0.5) is 5.82 Å². The van der Waals surface area contributed by atoms with Gasteiger partial charge in [-0.05, 0) is 42.8 Å². The summed E-state index contributed by atoms with van der Waals surface area (Å²) in [6.07, 6.45) is 0.714. The normalized spacial score (nSPS) is 10.2. The van der Waals surface area contributed by atoms with E-state index < -0.39 is 0 Å². The Morgan fingerprint density at radius 3 is 2.70 bits per heavy atom. The fourth-order valence-electron chi connectivity index (χ4n) is 2.69.